The molecule has 27 heavy (non-hydrogen) atoms. The molecule has 4 rings (SSSR count). The molecule has 0 saturated carbocycles. The summed E-state index contributed by atoms with van der Waals surface area (Å²) in [5.41, 5.74) is 2.02. The van der Waals surface area contributed by atoms with Gasteiger partial charge in [-0.2, -0.15) is 8.79 Å². The van der Waals surface area contributed by atoms with Gasteiger partial charge in [-0.15, -0.1) is 0 Å². The summed E-state index contributed by atoms with van der Waals surface area (Å²) in [4.78, 5) is 18.6. The lowest BCUT2D eigenvalue weighted by atomic mass is 10.2. The molecule has 3 heterocycles. The Balaban J connectivity index is 1.68. The fourth-order valence-corrected chi connectivity index (χ4v) is 2.92. The highest BCUT2D eigenvalue weighted by molar-refractivity contribution is 5.98. The number of benzene rings is 1. The first-order valence-corrected chi connectivity index (χ1v) is 8.35. The molecule has 0 fully saturated rings. The van der Waals surface area contributed by atoms with E-state index in [4.69, 9.17) is 0 Å². The molecule has 0 saturated heterocycles. The van der Waals surface area contributed by atoms with Gasteiger partial charge in [0.05, 0.1) is 11.8 Å². The van der Waals surface area contributed by atoms with E-state index in [0.29, 0.717) is 17.0 Å². The summed E-state index contributed by atoms with van der Waals surface area (Å²) in [6.45, 7) is 0.0232. The fraction of sp³-hybridized carbons (Fsp3) is 0.0500. The van der Waals surface area contributed by atoms with Gasteiger partial charge in [-0.3, -0.25) is 4.79 Å². The number of amides is 1. The number of rotatable bonds is 4. The van der Waals surface area contributed by atoms with Crippen LogP contribution in [0.5, 0.6) is 0 Å². The Bertz CT molecular complexity index is 1120. The molecule has 0 bridgehead atoms. The minimum Gasteiger partial charge on any atom is -0.338 e. The van der Waals surface area contributed by atoms with Crippen molar-refractivity contribution in [3.05, 3.63) is 90.0 Å². The predicted octanol–water partition coefficient (Wildman–Crippen LogP) is 2.44. The SMILES string of the molecule is O=C(NCc1[nH+]cccc1F)c1[nH]c(-c2ccc(F)cc2)[n+]2ccccc12. The Morgan fingerprint density at radius 1 is 1.07 bits per heavy atom. The second-order valence-electron chi connectivity index (χ2n) is 5.99. The van der Waals surface area contributed by atoms with Crippen molar-refractivity contribution in [1.29, 1.82) is 0 Å². The van der Waals surface area contributed by atoms with Crippen molar-refractivity contribution in [2.75, 3.05) is 0 Å². The summed E-state index contributed by atoms with van der Waals surface area (Å²) in [6, 6.07) is 14.3. The summed E-state index contributed by atoms with van der Waals surface area (Å²) < 4.78 is 28.8. The van der Waals surface area contributed by atoms with Gasteiger partial charge in [0.25, 0.3) is 11.7 Å². The predicted molar refractivity (Wildman–Crippen MR) is 93.5 cm³/mol. The number of fused-ring (bicyclic) bond motifs is 1. The van der Waals surface area contributed by atoms with Gasteiger partial charge < -0.3 is 5.32 Å². The molecule has 4 aromatic rings. The Hall–Kier alpha value is -3.61. The molecule has 0 aliphatic carbocycles. The third kappa shape index (κ3) is 3.27. The van der Waals surface area contributed by atoms with Crippen LogP contribution in [0.4, 0.5) is 8.78 Å². The van der Waals surface area contributed by atoms with Crippen molar-refractivity contribution < 1.29 is 23.0 Å². The summed E-state index contributed by atoms with van der Waals surface area (Å²) in [5, 5.41) is 2.71. The molecule has 3 N–H and O–H groups in total. The van der Waals surface area contributed by atoms with Crippen LogP contribution in [0.15, 0.2) is 67.0 Å². The van der Waals surface area contributed by atoms with Crippen LogP contribution in [0.1, 0.15) is 16.2 Å². The Morgan fingerprint density at radius 2 is 1.89 bits per heavy atom. The van der Waals surface area contributed by atoms with E-state index in [1.807, 2.05) is 22.7 Å². The van der Waals surface area contributed by atoms with E-state index in [-0.39, 0.29) is 24.0 Å². The van der Waals surface area contributed by atoms with Gasteiger partial charge in [0.2, 0.25) is 11.4 Å². The van der Waals surface area contributed by atoms with Crippen molar-refractivity contribution in [3.8, 4) is 11.4 Å². The smallest absolute Gasteiger partial charge is 0.296 e. The third-order valence-corrected chi connectivity index (χ3v) is 4.26. The highest BCUT2D eigenvalue weighted by Crippen LogP contribution is 2.18. The maximum absolute atomic E-state index is 13.7. The molecule has 1 aromatic carbocycles. The maximum Gasteiger partial charge on any atom is 0.296 e. The van der Waals surface area contributed by atoms with Gasteiger partial charge in [-0.25, -0.2) is 14.4 Å². The van der Waals surface area contributed by atoms with Crippen molar-refractivity contribution >= 4 is 11.4 Å². The first kappa shape index (κ1) is 16.8. The topological polar surface area (TPSA) is 63.1 Å². The summed E-state index contributed by atoms with van der Waals surface area (Å²) in [5.74, 6) is -0.480. The van der Waals surface area contributed by atoms with Gasteiger partial charge in [0.1, 0.15) is 12.4 Å². The number of nitrogens with one attached hydrogen (secondary N) is 3. The normalized spacial score (nSPS) is 10.9. The van der Waals surface area contributed by atoms with Gasteiger partial charge in [0, 0.05) is 6.07 Å². The number of halogens is 2. The van der Waals surface area contributed by atoms with Gasteiger partial charge >= 0.3 is 0 Å². The standard InChI is InChI=1S/C20H14F2N4O/c21-14-8-6-13(7-9-14)19-25-18(17-5-1-2-11-26(17)19)20(27)24-12-16-15(22)4-3-10-23-16/h1-11H,12H2,(H,24,27)/p+2. The molecular weight excluding hydrogens is 350 g/mol. The molecule has 0 aliphatic heterocycles. The molecule has 0 unspecified atom stereocenters. The van der Waals surface area contributed by atoms with Crippen LogP contribution in [0.2, 0.25) is 0 Å². The summed E-state index contributed by atoms with van der Waals surface area (Å²) in [7, 11) is 0. The molecule has 134 valence electrons. The van der Waals surface area contributed by atoms with Crippen LogP contribution in [-0.4, -0.2) is 10.9 Å². The van der Waals surface area contributed by atoms with Crippen LogP contribution in [0, 0.1) is 11.6 Å². The number of hydrogen-bond donors (Lipinski definition) is 2. The largest absolute Gasteiger partial charge is 0.338 e. The Kier molecular flexibility index (Phi) is 4.33. The summed E-state index contributed by atoms with van der Waals surface area (Å²) >= 11 is 0. The molecule has 7 heteroatoms. The molecular formula is C20H16F2N4O+2. The first-order chi connectivity index (χ1) is 13.1. The number of aromatic nitrogens is 3. The summed E-state index contributed by atoms with van der Waals surface area (Å²) in [6.07, 6.45) is 3.41. The molecule has 3 aromatic heterocycles. The van der Waals surface area contributed by atoms with E-state index in [1.165, 1.54) is 18.2 Å². The number of hydrogen-bond acceptors (Lipinski definition) is 1. The van der Waals surface area contributed by atoms with E-state index < -0.39 is 5.82 Å². The molecule has 0 spiro atoms. The molecule has 5 nitrogen and oxygen atoms in total. The monoisotopic (exact) mass is 366 g/mol. The number of H-pyrrole nitrogens is 2. The van der Waals surface area contributed by atoms with E-state index in [0.717, 1.165) is 5.56 Å². The highest BCUT2D eigenvalue weighted by Gasteiger charge is 2.25. The second-order valence-corrected chi connectivity index (χ2v) is 5.99. The average molecular weight is 366 g/mol. The van der Waals surface area contributed by atoms with E-state index >= 15 is 0 Å². The number of carbonyl (C=O) groups is 1. The maximum atomic E-state index is 13.7. The van der Waals surface area contributed by atoms with Crippen LogP contribution >= 0.6 is 0 Å². The number of nitrogens with zero attached hydrogens (tertiary/aromatic N) is 1. The lowest BCUT2D eigenvalue weighted by molar-refractivity contribution is -0.498. The fourth-order valence-electron chi connectivity index (χ4n) is 2.92. The van der Waals surface area contributed by atoms with Crippen molar-refractivity contribution in [2.45, 2.75) is 6.54 Å². The van der Waals surface area contributed by atoms with Gasteiger partial charge in [0.15, 0.2) is 17.5 Å². The van der Waals surface area contributed by atoms with E-state index in [2.05, 4.69) is 15.3 Å². The van der Waals surface area contributed by atoms with Crippen LogP contribution in [-0.2, 0) is 6.54 Å². The zero-order chi connectivity index (χ0) is 18.8. The third-order valence-electron chi connectivity index (χ3n) is 4.26. The molecule has 1 amide bonds. The van der Waals surface area contributed by atoms with Crippen molar-refractivity contribution in [3.63, 3.8) is 0 Å². The quantitative estimate of drug-likeness (QED) is 0.536. The zero-order valence-electron chi connectivity index (χ0n) is 14.2. The highest BCUT2D eigenvalue weighted by atomic mass is 19.1. The Morgan fingerprint density at radius 3 is 2.67 bits per heavy atom. The van der Waals surface area contributed by atoms with E-state index in [1.54, 1.807) is 30.5 Å². The van der Waals surface area contributed by atoms with E-state index in [9.17, 15) is 13.6 Å². The first-order valence-electron chi connectivity index (χ1n) is 8.35. The van der Waals surface area contributed by atoms with Crippen molar-refractivity contribution in [1.82, 2.24) is 10.3 Å². The molecule has 0 atom stereocenters. The van der Waals surface area contributed by atoms with Gasteiger partial charge in [-0.05, 0) is 42.5 Å². The minimum atomic E-state index is -0.421. The van der Waals surface area contributed by atoms with Crippen LogP contribution in [0.3, 0.4) is 0 Å². The molecule has 0 aliphatic rings. The minimum absolute atomic E-state index is 0.0232. The van der Waals surface area contributed by atoms with Crippen LogP contribution < -0.4 is 14.7 Å². The average Bonchev–Trinajstić information content (AvgIpc) is 3.08. The lowest BCUT2D eigenvalue weighted by Gasteiger charge is -1.99. The number of carbonyl (C=O) groups excluding carboxylic acids is 1. The number of pyridine rings is 2. The van der Waals surface area contributed by atoms with Crippen molar-refractivity contribution in [2.24, 2.45) is 0 Å². The van der Waals surface area contributed by atoms with Crippen LogP contribution in [0.25, 0.3) is 16.9 Å². The lowest BCUT2D eigenvalue weighted by Crippen LogP contribution is -2.28. The number of aromatic amines is 2. The molecule has 0 radical (unpaired) electrons. The number of imidazole rings is 1. The van der Waals surface area contributed by atoms with Gasteiger partial charge in [-0.1, -0.05) is 6.07 Å². The zero-order valence-corrected chi connectivity index (χ0v) is 14.2. The Labute approximate surface area is 153 Å². The second kappa shape index (κ2) is 6.95.